The van der Waals surface area contributed by atoms with Crippen molar-refractivity contribution in [2.45, 2.75) is 49.3 Å². The minimum atomic E-state index is -1.02. The van der Waals surface area contributed by atoms with Gasteiger partial charge in [0.15, 0.2) is 6.29 Å². The van der Waals surface area contributed by atoms with Gasteiger partial charge in [-0.3, -0.25) is 9.59 Å². The average molecular weight is 538 g/mol. The van der Waals surface area contributed by atoms with E-state index in [-0.39, 0.29) is 37.6 Å². The number of methoxy groups -OCH3 is 1. The van der Waals surface area contributed by atoms with Crippen molar-refractivity contribution < 1.29 is 34.0 Å². The summed E-state index contributed by atoms with van der Waals surface area (Å²) in [4.78, 5) is 24.0. The Morgan fingerprint density at radius 1 is 1.00 bits per heavy atom. The molecule has 0 saturated carbocycles. The smallest absolute Gasteiger partial charge is 0.303 e. The van der Waals surface area contributed by atoms with Crippen LogP contribution in [0.1, 0.15) is 48.3 Å². The summed E-state index contributed by atoms with van der Waals surface area (Å²) in [5.74, 6) is 0.0939. The molecule has 0 aromatic heterocycles. The Balaban J connectivity index is 1.52. The summed E-state index contributed by atoms with van der Waals surface area (Å²) in [5.41, 5.74) is 3.09. The molecule has 1 amide bonds. The standard InChI is InChI=1S/C29H31NO7S/c1-35-24-7-2-3-8-26(24)38-18-23-16-25(20-11-9-19(17-31)10-12-20)37-29(36-23)21-5-4-6-22(15-21)30-27(32)13-14-28(33)34/h2-12,15,23,25,29,31H,13-14,16-18H2,1H3,(H,30,32)(H,33,34). The third-order valence-corrected chi connectivity index (χ3v) is 7.30. The first-order chi connectivity index (χ1) is 18.4. The van der Waals surface area contributed by atoms with Gasteiger partial charge in [0.25, 0.3) is 0 Å². The van der Waals surface area contributed by atoms with Gasteiger partial charge in [-0.15, -0.1) is 11.8 Å². The normalized spacial score (nSPS) is 19.1. The number of benzene rings is 3. The molecule has 8 nitrogen and oxygen atoms in total. The number of amides is 1. The Morgan fingerprint density at radius 2 is 1.79 bits per heavy atom. The molecular formula is C29H31NO7S. The van der Waals surface area contributed by atoms with E-state index in [9.17, 15) is 14.7 Å². The van der Waals surface area contributed by atoms with Crippen molar-refractivity contribution in [2.75, 3.05) is 18.2 Å². The Kier molecular flexibility index (Phi) is 9.78. The van der Waals surface area contributed by atoms with Crippen molar-refractivity contribution in [3.05, 3.63) is 89.5 Å². The van der Waals surface area contributed by atoms with Crippen molar-refractivity contribution >= 4 is 29.3 Å². The highest BCUT2D eigenvalue weighted by Crippen LogP contribution is 2.40. The molecular weight excluding hydrogens is 506 g/mol. The van der Waals surface area contributed by atoms with Crippen LogP contribution >= 0.6 is 11.8 Å². The van der Waals surface area contributed by atoms with Crippen LogP contribution in [-0.4, -0.2) is 41.1 Å². The van der Waals surface area contributed by atoms with Crippen LogP contribution in [0.3, 0.4) is 0 Å². The van der Waals surface area contributed by atoms with Crippen LogP contribution in [-0.2, 0) is 25.7 Å². The van der Waals surface area contributed by atoms with E-state index in [4.69, 9.17) is 19.3 Å². The van der Waals surface area contributed by atoms with Crippen LogP contribution in [0.25, 0.3) is 0 Å². The van der Waals surface area contributed by atoms with E-state index in [1.54, 1.807) is 37.1 Å². The topological polar surface area (TPSA) is 114 Å². The fourth-order valence-corrected chi connectivity index (χ4v) is 5.20. The zero-order chi connectivity index (χ0) is 26.9. The van der Waals surface area contributed by atoms with Crippen molar-refractivity contribution in [3.63, 3.8) is 0 Å². The van der Waals surface area contributed by atoms with Gasteiger partial charge < -0.3 is 29.7 Å². The van der Waals surface area contributed by atoms with E-state index in [1.165, 1.54) is 0 Å². The molecule has 3 aromatic rings. The minimum Gasteiger partial charge on any atom is -0.496 e. The molecule has 0 spiro atoms. The molecule has 4 rings (SSSR count). The number of aliphatic hydroxyl groups is 1. The number of anilines is 1. The number of aliphatic hydroxyl groups excluding tert-OH is 1. The van der Waals surface area contributed by atoms with E-state index in [1.807, 2.05) is 54.6 Å². The number of carboxylic acids is 1. The first kappa shape index (κ1) is 27.7. The van der Waals surface area contributed by atoms with Crippen molar-refractivity contribution in [3.8, 4) is 5.75 Å². The van der Waals surface area contributed by atoms with E-state index in [0.29, 0.717) is 17.9 Å². The molecule has 1 aliphatic rings. The van der Waals surface area contributed by atoms with Crippen molar-refractivity contribution in [1.82, 2.24) is 0 Å². The van der Waals surface area contributed by atoms with Gasteiger partial charge in [-0.25, -0.2) is 0 Å². The molecule has 1 saturated heterocycles. The Bertz CT molecular complexity index is 1230. The number of thioether (sulfide) groups is 1. The molecule has 1 aliphatic heterocycles. The highest BCUT2D eigenvalue weighted by Gasteiger charge is 2.32. The lowest BCUT2D eigenvalue weighted by Gasteiger charge is -2.36. The molecule has 38 heavy (non-hydrogen) atoms. The molecule has 1 heterocycles. The number of ether oxygens (including phenoxy) is 3. The zero-order valence-electron chi connectivity index (χ0n) is 21.0. The summed E-state index contributed by atoms with van der Waals surface area (Å²) < 4.78 is 18.3. The third-order valence-electron chi connectivity index (χ3n) is 6.12. The van der Waals surface area contributed by atoms with Gasteiger partial charge in [-0.05, 0) is 35.4 Å². The quantitative estimate of drug-likeness (QED) is 0.281. The van der Waals surface area contributed by atoms with Gasteiger partial charge in [0, 0.05) is 34.7 Å². The molecule has 3 atom stereocenters. The number of nitrogens with one attached hydrogen (secondary N) is 1. The fraction of sp³-hybridized carbons (Fsp3) is 0.310. The monoisotopic (exact) mass is 537 g/mol. The second kappa shape index (κ2) is 13.4. The fourth-order valence-electron chi connectivity index (χ4n) is 4.15. The van der Waals surface area contributed by atoms with Gasteiger partial charge in [0.1, 0.15) is 5.75 Å². The molecule has 1 fully saturated rings. The summed E-state index contributed by atoms with van der Waals surface area (Å²) in [7, 11) is 1.65. The van der Waals surface area contributed by atoms with Crippen LogP contribution in [0.15, 0.2) is 77.7 Å². The number of rotatable bonds is 11. The average Bonchev–Trinajstić information content (AvgIpc) is 2.95. The first-order valence-electron chi connectivity index (χ1n) is 12.3. The van der Waals surface area contributed by atoms with Crippen LogP contribution in [0.5, 0.6) is 5.75 Å². The Labute approximate surface area is 225 Å². The highest BCUT2D eigenvalue weighted by atomic mass is 32.2. The van der Waals surface area contributed by atoms with Crippen LogP contribution in [0.2, 0.25) is 0 Å². The molecule has 0 bridgehead atoms. The lowest BCUT2D eigenvalue weighted by atomic mass is 10.0. The molecule has 3 aromatic carbocycles. The summed E-state index contributed by atoms with van der Waals surface area (Å²) in [5, 5.41) is 21.0. The van der Waals surface area contributed by atoms with Gasteiger partial charge in [0.05, 0.1) is 32.3 Å². The third kappa shape index (κ3) is 7.58. The SMILES string of the molecule is COc1ccccc1SCC1CC(c2ccc(CO)cc2)OC(c2cccc(NC(=O)CCC(=O)O)c2)O1. The van der Waals surface area contributed by atoms with Crippen LogP contribution in [0.4, 0.5) is 5.69 Å². The predicted octanol–water partition coefficient (Wildman–Crippen LogP) is 5.33. The first-order valence-corrected chi connectivity index (χ1v) is 13.3. The van der Waals surface area contributed by atoms with Crippen LogP contribution in [0, 0.1) is 0 Å². The van der Waals surface area contributed by atoms with Crippen molar-refractivity contribution in [1.29, 1.82) is 0 Å². The molecule has 0 aliphatic carbocycles. The second-order valence-corrected chi connectivity index (χ2v) is 9.94. The van der Waals surface area contributed by atoms with Gasteiger partial charge in [-0.2, -0.15) is 0 Å². The zero-order valence-corrected chi connectivity index (χ0v) is 21.9. The van der Waals surface area contributed by atoms with E-state index in [0.717, 1.165) is 27.3 Å². The number of hydrogen-bond donors (Lipinski definition) is 3. The molecule has 3 unspecified atom stereocenters. The minimum absolute atomic E-state index is 0.0271. The van der Waals surface area contributed by atoms with E-state index >= 15 is 0 Å². The lowest BCUT2D eigenvalue weighted by molar-refractivity contribution is -0.245. The number of para-hydroxylation sites is 1. The van der Waals surface area contributed by atoms with Gasteiger partial charge in [0.2, 0.25) is 5.91 Å². The summed E-state index contributed by atoms with van der Waals surface area (Å²) in [6.45, 7) is -0.0271. The molecule has 200 valence electrons. The largest absolute Gasteiger partial charge is 0.496 e. The van der Waals surface area contributed by atoms with Gasteiger partial charge in [-0.1, -0.05) is 48.5 Å². The maximum absolute atomic E-state index is 12.2. The predicted molar refractivity (Wildman–Crippen MR) is 144 cm³/mol. The summed E-state index contributed by atoms with van der Waals surface area (Å²) in [6, 6.07) is 22.7. The second-order valence-electron chi connectivity index (χ2n) is 8.88. The van der Waals surface area contributed by atoms with E-state index < -0.39 is 12.3 Å². The Morgan fingerprint density at radius 3 is 2.53 bits per heavy atom. The van der Waals surface area contributed by atoms with E-state index in [2.05, 4.69) is 5.32 Å². The molecule has 9 heteroatoms. The van der Waals surface area contributed by atoms with Gasteiger partial charge >= 0.3 is 5.97 Å². The molecule has 0 radical (unpaired) electrons. The number of hydrogen-bond acceptors (Lipinski definition) is 7. The highest BCUT2D eigenvalue weighted by molar-refractivity contribution is 7.99. The number of aliphatic carboxylic acids is 1. The van der Waals surface area contributed by atoms with Crippen molar-refractivity contribution in [2.24, 2.45) is 0 Å². The molecule has 3 N–H and O–H groups in total. The van der Waals surface area contributed by atoms with Crippen LogP contribution < -0.4 is 10.1 Å². The maximum Gasteiger partial charge on any atom is 0.303 e. The number of carboxylic acid groups (broad SMARTS) is 1. The lowest BCUT2D eigenvalue weighted by Crippen LogP contribution is -2.31. The number of carbonyl (C=O) groups is 2. The summed E-state index contributed by atoms with van der Waals surface area (Å²) >= 11 is 1.65. The maximum atomic E-state index is 12.2. The Hall–Kier alpha value is -3.37. The number of carbonyl (C=O) groups excluding carboxylic acids is 1. The summed E-state index contributed by atoms with van der Waals surface area (Å²) in [6.07, 6.45) is -0.751.